The Hall–Kier alpha value is -4.11. The number of thioether (sulfide) groups is 1. The standard InChI is InChI=1S/C16H9N5O8S2/c22-13-4-2-9(19(24)25)5-8(13)6-14-15(23)18(16(30)31-14)17-11-3-1-10(20(26)27)7-12(11)21(28)29/h1-7,17,22H/b14-6+. The largest absolute Gasteiger partial charge is 0.507 e. The molecule has 0 saturated carbocycles. The molecular weight excluding hydrogens is 454 g/mol. The Bertz CT molecular complexity index is 1200. The van der Waals surface area contributed by atoms with Gasteiger partial charge in [-0.25, -0.2) is 5.01 Å². The van der Waals surface area contributed by atoms with E-state index in [0.29, 0.717) is 0 Å². The summed E-state index contributed by atoms with van der Waals surface area (Å²) in [5, 5.41) is 43.8. The maximum absolute atomic E-state index is 12.7. The van der Waals surface area contributed by atoms with Gasteiger partial charge in [-0.3, -0.25) is 40.6 Å². The highest BCUT2D eigenvalue weighted by Gasteiger charge is 2.34. The monoisotopic (exact) mass is 463 g/mol. The molecule has 1 fully saturated rings. The number of rotatable bonds is 6. The number of nitrogens with zero attached hydrogens (tertiary/aromatic N) is 4. The SMILES string of the molecule is O=C1/C(=C\c2cc([N+](=O)[O-])ccc2O)SC(=S)N1Nc1ccc([N+](=O)[O-])cc1[N+](=O)[O-]. The number of hydrogen-bond acceptors (Lipinski definition) is 11. The summed E-state index contributed by atoms with van der Waals surface area (Å²) < 4.78 is -0.0474. The molecule has 2 aromatic carbocycles. The molecule has 1 aliphatic heterocycles. The van der Waals surface area contributed by atoms with Crippen LogP contribution >= 0.6 is 24.0 Å². The van der Waals surface area contributed by atoms with Crippen LogP contribution in [0.25, 0.3) is 6.08 Å². The van der Waals surface area contributed by atoms with E-state index in [1.54, 1.807) is 0 Å². The molecule has 0 radical (unpaired) electrons. The molecule has 31 heavy (non-hydrogen) atoms. The fourth-order valence-electron chi connectivity index (χ4n) is 2.48. The number of nitro benzene ring substituents is 3. The van der Waals surface area contributed by atoms with Gasteiger partial charge in [0.2, 0.25) is 0 Å². The number of nitro groups is 3. The van der Waals surface area contributed by atoms with Crippen molar-refractivity contribution in [1.29, 1.82) is 0 Å². The van der Waals surface area contributed by atoms with Crippen molar-refractivity contribution < 1.29 is 24.7 Å². The smallest absolute Gasteiger partial charge is 0.300 e. The minimum atomic E-state index is -0.857. The van der Waals surface area contributed by atoms with E-state index in [2.05, 4.69) is 5.43 Å². The topological polar surface area (TPSA) is 182 Å². The van der Waals surface area contributed by atoms with Crippen LogP contribution in [0, 0.1) is 30.3 Å². The summed E-state index contributed by atoms with van der Waals surface area (Å²) in [5.41, 5.74) is 0.776. The molecule has 3 rings (SSSR count). The summed E-state index contributed by atoms with van der Waals surface area (Å²) in [6, 6.07) is 6.07. The first-order valence-electron chi connectivity index (χ1n) is 8.03. The number of benzene rings is 2. The summed E-state index contributed by atoms with van der Waals surface area (Å²) in [4.78, 5) is 43.4. The van der Waals surface area contributed by atoms with E-state index in [4.69, 9.17) is 12.2 Å². The summed E-state index contributed by atoms with van der Waals surface area (Å²) in [5.74, 6) is -1.05. The first-order valence-corrected chi connectivity index (χ1v) is 9.26. The third-order valence-electron chi connectivity index (χ3n) is 3.92. The van der Waals surface area contributed by atoms with Crippen molar-refractivity contribution in [2.75, 3.05) is 5.43 Å². The van der Waals surface area contributed by atoms with Gasteiger partial charge in [0.1, 0.15) is 11.4 Å². The van der Waals surface area contributed by atoms with Crippen molar-refractivity contribution in [3.63, 3.8) is 0 Å². The second-order valence-electron chi connectivity index (χ2n) is 5.84. The van der Waals surface area contributed by atoms with Crippen LogP contribution in [-0.4, -0.2) is 35.1 Å². The number of anilines is 1. The summed E-state index contributed by atoms with van der Waals surface area (Å²) in [6.07, 6.45) is 1.19. The van der Waals surface area contributed by atoms with E-state index < -0.39 is 32.1 Å². The Morgan fingerprint density at radius 1 is 1.00 bits per heavy atom. The van der Waals surface area contributed by atoms with Crippen molar-refractivity contribution in [2.45, 2.75) is 0 Å². The van der Waals surface area contributed by atoms with Gasteiger partial charge < -0.3 is 5.11 Å². The van der Waals surface area contributed by atoms with E-state index in [-0.39, 0.29) is 31.9 Å². The maximum atomic E-state index is 12.7. The Morgan fingerprint density at radius 3 is 2.23 bits per heavy atom. The average Bonchev–Trinajstić information content (AvgIpc) is 2.96. The van der Waals surface area contributed by atoms with Crippen LogP contribution in [0.3, 0.4) is 0 Å². The molecule has 0 unspecified atom stereocenters. The number of phenols is 1. The highest BCUT2D eigenvalue weighted by Crippen LogP contribution is 2.37. The van der Waals surface area contributed by atoms with E-state index in [1.807, 2.05) is 0 Å². The van der Waals surface area contributed by atoms with Crippen LogP contribution in [-0.2, 0) is 4.79 Å². The van der Waals surface area contributed by atoms with Gasteiger partial charge in [0.15, 0.2) is 4.32 Å². The third-order valence-corrected chi connectivity index (χ3v) is 5.23. The van der Waals surface area contributed by atoms with Crippen LogP contribution in [0.15, 0.2) is 41.3 Å². The maximum Gasteiger partial charge on any atom is 0.300 e. The first-order chi connectivity index (χ1) is 14.6. The molecule has 0 atom stereocenters. The van der Waals surface area contributed by atoms with Crippen LogP contribution in [0.1, 0.15) is 5.56 Å². The van der Waals surface area contributed by atoms with Crippen molar-refractivity contribution in [1.82, 2.24) is 5.01 Å². The molecule has 13 nitrogen and oxygen atoms in total. The number of aromatic hydroxyl groups is 1. The van der Waals surface area contributed by atoms with Gasteiger partial charge in [-0.1, -0.05) is 11.8 Å². The molecule has 158 valence electrons. The number of nitrogens with one attached hydrogen (secondary N) is 1. The molecule has 1 heterocycles. The lowest BCUT2D eigenvalue weighted by atomic mass is 10.1. The number of non-ortho nitro benzene ring substituents is 2. The molecule has 1 saturated heterocycles. The predicted octanol–water partition coefficient (Wildman–Crippen LogP) is 3.35. The highest BCUT2D eigenvalue weighted by atomic mass is 32.2. The molecule has 1 amide bonds. The minimum absolute atomic E-state index is 0.00369. The molecule has 0 spiro atoms. The fraction of sp³-hybridized carbons (Fsp3) is 0. The minimum Gasteiger partial charge on any atom is -0.507 e. The Morgan fingerprint density at radius 2 is 1.61 bits per heavy atom. The molecule has 0 aliphatic carbocycles. The first kappa shape index (κ1) is 21.6. The Balaban J connectivity index is 1.92. The number of amides is 1. The van der Waals surface area contributed by atoms with Gasteiger partial charge in [-0.2, -0.15) is 0 Å². The number of carbonyl (C=O) groups excluding carboxylic acids is 1. The predicted molar refractivity (Wildman–Crippen MR) is 113 cm³/mol. The third kappa shape index (κ3) is 4.41. The molecule has 0 bridgehead atoms. The lowest BCUT2D eigenvalue weighted by Gasteiger charge is -2.16. The van der Waals surface area contributed by atoms with E-state index in [1.165, 1.54) is 6.08 Å². The normalized spacial score (nSPS) is 14.7. The number of hydrazine groups is 1. The number of phenolic OH excluding ortho intramolecular Hbond substituents is 1. The summed E-state index contributed by atoms with van der Waals surface area (Å²) >= 11 is 5.89. The zero-order valence-corrected chi connectivity index (χ0v) is 16.6. The van der Waals surface area contributed by atoms with Gasteiger partial charge in [0.05, 0.1) is 25.7 Å². The molecule has 2 N–H and O–H groups in total. The number of carbonyl (C=O) groups is 1. The van der Waals surface area contributed by atoms with Crippen molar-refractivity contribution in [3.05, 3.63) is 77.2 Å². The lowest BCUT2D eigenvalue weighted by Crippen LogP contribution is -2.34. The summed E-state index contributed by atoms with van der Waals surface area (Å²) in [7, 11) is 0. The van der Waals surface area contributed by atoms with Gasteiger partial charge >= 0.3 is 5.69 Å². The molecular formula is C16H9N5O8S2. The zero-order valence-electron chi connectivity index (χ0n) is 15.0. The fourth-order valence-corrected chi connectivity index (χ4v) is 3.65. The lowest BCUT2D eigenvalue weighted by molar-refractivity contribution is -0.393. The van der Waals surface area contributed by atoms with Crippen LogP contribution in [0.5, 0.6) is 5.75 Å². The molecule has 15 heteroatoms. The Kier molecular flexibility index (Phi) is 5.80. The van der Waals surface area contributed by atoms with Crippen molar-refractivity contribution >= 4 is 63.0 Å². The number of thiocarbonyl (C=S) groups is 1. The van der Waals surface area contributed by atoms with Crippen molar-refractivity contribution in [3.8, 4) is 5.75 Å². The van der Waals surface area contributed by atoms with Crippen molar-refractivity contribution in [2.24, 2.45) is 0 Å². The van der Waals surface area contributed by atoms with E-state index >= 15 is 0 Å². The van der Waals surface area contributed by atoms with Crippen LogP contribution in [0.4, 0.5) is 22.7 Å². The zero-order chi connectivity index (χ0) is 22.9. The van der Waals surface area contributed by atoms with Gasteiger partial charge in [-0.05, 0) is 30.4 Å². The van der Waals surface area contributed by atoms with Gasteiger partial charge in [0, 0.05) is 23.8 Å². The number of hydrogen-bond donors (Lipinski definition) is 2. The second kappa shape index (κ2) is 8.33. The molecule has 2 aromatic rings. The van der Waals surface area contributed by atoms with E-state index in [9.17, 15) is 40.2 Å². The highest BCUT2D eigenvalue weighted by molar-refractivity contribution is 8.26. The molecule has 1 aliphatic rings. The summed E-state index contributed by atoms with van der Waals surface area (Å²) in [6.45, 7) is 0. The van der Waals surface area contributed by atoms with E-state index in [0.717, 1.165) is 53.2 Å². The Labute approximate surface area is 181 Å². The van der Waals surface area contributed by atoms with Gasteiger partial charge in [0.25, 0.3) is 17.3 Å². The quantitative estimate of drug-likeness (QED) is 0.277. The van der Waals surface area contributed by atoms with Crippen LogP contribution in [0.2, 0.25) is 0 Å². The van der Waals surface area contributed by atoms with Crippen LogP contribution < -0.4 is 5.43 Å². The van der Waals surface area contributed by atoms with Gasteiger partial charge in [-0.15, -0.1) is 0 Å². The average molecular weight is 463 g/mol. The second-order valence-corrected chi connectivity index (χ2v) is 7.52. The molecule has 0 aromatic heterocycles.